The fourth-order valence-corrected chi connectivity index (χ4v) is 5.42. The molecule has 2 aromatic heterocycles. The van der Waals surface area contributed by atoms with Crippen LogP contribution in [0.3, 0.4) is 0 Å². The van der Waals surface area contributed by atoms with Gasteiger partial charge in [-0.15, -0.1) is 11.3 Å². The summed E-state index contributed by atoms with van der Waals surface area (Å²) in [6.07, 6.45) is 0. The number of nitrogens with one attached hydrogen (secondary N) is 2. The SMILES string of the molecule is Cc1cc(C)c(NC(=O)c2sc(NC(=O)c3ccsc3C3=NC(C)(C)CO3)nc2C)c(C)c1. The Morgan fingerprint density at radius 3 is 2.39 bits per heavy atom. The molecule has 0 fully saturated rings. The molecule has 0 atom stereocenters. The molecular weight excluding hydrogens is 456 g/mol. The number of hydrogen-bond acceptors (Lipinski definition) is 7. The summed E-state index contributed by atoms with van der Waals surface area (Å²) >= 11 is 2.56. The van der Waals surface area contributed by atoms with E-state index < -0.39 is 0 Å². The van der Waals surface area contributed by atoms with Crippen LogP contribution >= 0.6 is 22.7 Å². The maximum Gasteiger partial charge on any atom is 0.267 e. The van der Waals surface area contributed by atoms with E-state index in [0.29, 0.717) is 38.6 Å². The van der Waals surface area contributed by atoms with Crippen LogP contribution in [0.25, 0.3) is 0 Å². The summed E-state index contributed by atoms with van der Waals surface area (Å²) in [5, 5.41) is 8.02. The number of amides is 2. The number of aliphatic imine (C=N–C) groups is 1. The second-order valence-corrected chi connectivity index (χ2v) is 10.7. The molecule has 3 aromatic rings. The molecule has 2 N–H and O–H groups in total. The molecule has 0 unspecified atom stereocenters. The lowest BCUT2D eigenvalue weighted by Crippen LogP contribution is -2.17. The molecule has 33 heavy (non-hydrogen) atoms. The van der Waals surface area contributed by atoms with Crippen LogP contribution in [-0.4, -0.2) is 34.8 Å². The lowest BCUT2D eigenvalue weighted by molar-refractivity contribution is 0.102. The number of rotatable bonds is 5. The molecule has 1 aliphatic heterocycles. The van der Waals surface area contributed by atoms with E-state index in [0.717, 1.165) is 33.7 Å². The van der Waals surface area contributed by atoms with Crippen LogP contribution in [-0.2, 0) is 4.74 Å². The van der Waals surface area contributed by atoms with E-state index in [4.69, 9.17) is 4.74 Å². The van der Waals surface area contributed by atoms with Crippen LogP contribution < -0.4 is 10.6 Å². The Kier molecular flexibility index (Phi) is 6.11. The van der Waals surface area contributed by atoms with Gasteiger partial charge < -0.3 is 10.1 Å². The number of benzene rings is 1. The Hall–Kier alpha value is -3.04. The number of anilines is 2. The lowest BCUT2D eigenvalue weighted by atomic mass is 10.1. The van der Waals surface area contributed by atoms with E-state index in [1.165, 1.54) is 11.3 Å². The van der Waals surface area contributed by atoms with E-state index in [9.17, 15) is 9.59 Å². The van der Waals surface area contributed by atoms with Gasteiger partial charge in [-0.25, -0.2) is 9.98 Å². The molecule has 0 spiro atoms. The molecule has 0 saturated carbocycles. The Bertz CT molecular complexity index is 1260. The first-order valence-electron chi connectivity index (χ1n) is 10.5. The molecule has 7 nitrogen and oxygen atoms in total. The molecule has 4 rings (SSSR count). The van der Waals surface area contributed by atoms with Crippen molar-refractivity contribution in [3.63, 3.8) is 0 Å². The highest BCUT2D eigenvalue weighted by atomic mass is 32.1. The summed E-state index contributed by atoms with van der Waals surface area (Å²) < 4.78 is 5.71. The van der Waals surface area contributed by atoms with Crippen LogP contribution in [0.1, 0.15) is 61.1 Å². The van der Waals surface area contributed by atoms with Gasteiger partial charge in [-0.3, -0.25) is 14.9 Å². The van der Waals surface area contributed by atoms with Crippen molar-refractivity contribution >= 4 is 51.2 Å². The van der Waals surface area contributed by atoms with E-state index in [2.05, 4.69) is 20.6 Å². The smallest absolute Gasteiger partial charge is 0.267 e. The predicted octanol–water partition coefficient (Wildman–Crippen LogP) is 5.50. The molecule has 0 aliphatic carbocycles. The lowest BCUT2D eigenvalue weighted by Gasteiger charge is -2.12. The van der Waals surface area contributed by atoms with Crippen molar-refractivity contribution in [2.24, 2.45) is 4.99 Å². The van der Waals surface area contributed by atoms with E-state index in [-0.39, 0.29) is 17.4 Å². The zero-order valence-corrected chi connectivity index (χ0v) is 21.1. The van der Waals surface area contributed by atoms with Crippen LogP contribution in [0.2, 0.25) is 0 Å². The molecule has 3 heterocycles. The van der Waals surface area contributed by atoms with Crippen molar-refractivity contribution in [2.45, 2.75) is 47.1 Å². The Morgan fingerprint density at radius 1 is 1.06 bits per heavy atom. The van der Waals surface area contributed by atoms with Gasteiger partial charge in [-0.1, -0.05) is 29.0 Å². The monoisotopic (exact) mass is 482 g/mol. The van der Waals surface area contributed by atoms with Gasteiger partial charge in [0.2, 0.25) is 5.90 Å². The minimum Gasteiger partial charge on any atom is -0.474 e. The van der Waals surface area contributed by atoms with Gasteiger partial charge in [-0.05, 0) is 64.1 Å². The Morgan fingerprint density at radius 2 is 1.76 bits per heavy atom. The van der Waals surface area contributed by atoms with E-state index in [1.54, 1.807) is 13.0 Å². The molecule has 2 amide bonds. The number of thiophene rings is 1. The minimum atomic E-state index is -0.312. The minimum absolute atomic E-state index is 0.243. The number of carbonyl (C=O) groups excluding carboxylic acids is 2. The molecule has 0 bridgehead atoms. The van der Waals surface area contributed by atoms with Crippen LogP contribution in [0.5, 0.6) is 0 Å². The third kappa shape index (κ3) is 4.84. The Labute approximate surface area is 200 Å². The molecule has 9 heteroatoms. The summed E-state index contributed by atoms with van der Waals surface area (Å²) in [5.74, 6) is -0.0692. The molecule has 172 valence electrons. The highest BCUT2D eigenvalue weighted by Crippen LogP contribution is 2.29. The largest absolute Gasteiger partial charge is 0.474 e. The number of ether oxygens (including phenoxy) is 1. The number of thiazole rings is 1. The predicted molar refractivity (Wildman–Crippen MR) is 134 cm³/mol. The molecule has 0 saturated heterocycles. The second-order valence-electron chi connectivity index (χ2n) is 8.80. The summed E-state index contributed by atoms with van der Waals surface area (Å²) in [7, 11) is 0. The number of hydrogen-bond donors (Lipinski definition) is 2. The first kappa shape index (κ1) is 23.1. The van der Waals surface area contributed by atoms with Gasteiger partial charge in [0.1, 0.15) is 16.4 Å². The van der Waals surface area contributed by atoms with Crippen molar-refractivity contribution in [2.75, 3.05) is 17.2 Å². The summed E-state index contributed by atoms with van der Waals surface area (Å²) in [6.45, 7) is 12.2. The average Bonchev–Trinajstić information content (AvgIpc) is 3.42. The zero-order chi connectivity index (χ0) is 23.9. The fraction of sp³-hybridized carbons (Fsp3) is 0.333. The first-order chi connectivity index (χ1) is 15.5. The van der Waals surface area contributed by atoms with Gasteiger partial charge in [0.05, 0.1) is 16.8 Å². The van der Waals surface area contributed by atoms with E-state index in [1.807, 2.05) is 52.1 Å². The number of nitrogens with zero attached hydrogens (tertiary/aromatic N) is 2. The molecule has 1 aromatic carbocycles. The number of carbonyl (C=O) groups is 2. The average molecular weight is 483 g/mol. The van der Waals surface area contributed by atoms with Crippen molar-refractivity contribution in [3.05, 3.63) is 61.3 Å². The van der Waals surface area contributed by atoms with Gasteiger partial charge in [0, 0.05) is 5.69 Å². The Balaban J connectivity index is 1.52. The normalized spacial score (nSPS) is 14.5. The number of aryl methyl sites for hydroxylation is 4. The van der Waals surface area contributed by atoms with Gasteiger partial charge in [0.25, 0.3) is 11.8 Å². The van der Waals surface area contributed by atoms with Crippen molar-refractivity contribution < 1.29 is 14.3 Å². The first-order valence-corrected chi connectivity index (χ1v) is 12.2. The summed E-state index contributed by atoms with van der Waals surface area (Å²) in [6, 6.07) is 5.81. The van der Waals surface area contributed by atoms with E-state index >= 15 is 0 Å². The number of aromatic nitrogens is 1. The summed E-state index contributed by atoms with van der Waals surface area (Å²) in [4.78, 5) is 36.0. The van der Waals surface area contributed by atoms with Gasteiger partial charge >= 0.3 is 0 Å². The van der Waals surface area contributed by atoms with Gasteiger partial charge in [0.15, 0.2) is 5.13 Å². The van der Waals surface area contributed by atoms with Gasteiger partial charge in [-0.2, -0.15) is 0 Å². The van der Waals surface area contributed by atoms with Crippen LogP contribution in [0.15, 0.2) is 28.6 Å². The standard InChI is InChI=1S/C24H26N4O3S2/c1-12-9-13(2)17(14(3)10-12)26-21(30)18-15(4)25-23(33-18)27-20(29)16-7-8-32-19(16)22-28-24(5,6)11-31-22/h7-10H,11H2,1-6H3,(H,26,30)(H,25,27,29). The maximum absolute atomic E-state index is 13.0. The quantitative estimate of drug-likeness (QED) is 0.502. The van der Waals surface area contributed by atoms with Crippen LogP contribution in [0, 0.1) is 27.7 Å². The maximum atomic E-state index is 13.0. The topological polar surface area (TPSA) is 92.7 Å². The summed E-state index contributed by atoms with van der Waals surface area (Å²) in [5.41, 5.74) is 4.67. The van der Waals surface area contributed by atoms with Crippen molar-refractivity contribution in [1.29, 1.82) is 0 Å². The second kappa shape index (κ2) is 8.72. The molecular formula is C24H26N4O3S2. The highest BCUT2D eigenvalue weighted by molar-refractivity contribution is 7.18. The zero-order valence-electron chi connectivity index (χ0n) is 19.5. The van der Waals surface area contributed by atoms with Crippen molar-refractivity contribution in [1.82, 2.24) is 4.98 Å². The third-order valence-corrected chi connectivity index (χ3v) is 7.18. The fourth-order valence-electron chi connectivity index (χ4n) is 3.73. The highest BCUT2D eigenvalue weighted by Gasteiger charge is 2.30. The van der Waals surface area contributed by atoms with Crippen LogP contribution in [0.4, 0.5) is 10.8 Å². The molecule has 0 radical (unpaired) electrons. The van der Waals surface area contributed by atoms with Crippen molar-refractivity contribution in [3.8, 4) is 0 Å². The third-order valence-electron chi connectivity index (χ3n) is 5.21. The molecule has 1 aliphatic rings.